The number of esters is 1. The van der Waals surface area contributed by atoms with Crippen molar-refractivity contribution in [3.8, 4) is 6.07 Å². The van der Waals surface area contributed by atoms with Crippen LogP contribution in [0.2, 0.25) is 0 Å². The number of ether oxygens (including phenoxy) is 1. The molecule has 2 aliphatic heterocycles. The van der Waals surface area contributed by atoms with Crippen molar-refractivity contribution in [3.63, 3.8) is 0 Å². The molecule has 2 heterocycles. The quantitative estimate of drug-likeness (QED) is 0.457. The molecule has 0 spiro atoms. The van der Waals surface area contributed by atoms with Gasteiger partial charge in [0.2, 0.25) is 0 Å². The predicted octanol–water partition coefficient (Wildman–Crippen LogP) is 2.70. The van der Waals surface area contributed by atoms with Gasteiger partial charge in [0, 0.05) is 6.04 Å². The Morgan fingerprint density at radius 2 is 2.09 bits per heavy atom. The van der Waals surface area contributed by atoms with Crippen LogP contribution in [0.15, 0.2) is 11.1 Å². The molecule has 0 saturated carbocycles. The molecule has 2 rings (SSSR count). The number of methoxy groups -OCH3 is 1. The Hall–Kier alpha value is -2.03. The van der Waals surface area contributed by atoms with Crippen molar-refractivity contribution in [3.05, 3.63) is 11.1 Å². The van der Waals surface area contributed by atoms with Gasteiger partial charge in [-0.15, -0.1) is 0 Å². The van der Waals surface area contributed by atoms with E-state index in [-0.39, 0.29) is 17.0 Å². The summed E-state index contributed by atoms with van der Waals surface area (Å²) in [5.41, 5.74) is -0.104. The lowest BCUT2D eigenvalue weighted by molar-refractivity contribution is -0.135. The number of carbonyl (C=O) groups is 2. The highest BCUT2D eigenvalue weighted by Crippen LogP contribution is 2.55. The molecular weight excluding hydrogens is 284 g/mol. The zero-order chi connectivity index (χ0) is 16.7. The maximum absolute atomic E-state index is 11.8. The standard InChI is InChI=1S/C16H22N2O4/c1-15(2,3)16-6-5-11(18(16)14(20)21)7-10(8-16)12(9-17)13(19)22-4/h11H,5-8H2,1-4H3,(H,20,21)/t11-,16+/m0/s1. The maximum Gasteiger partial charge on any atom is 0.408 e. The van der Waals surface area contributed by atoms with Crippen LogP contribution in [-0.2, 0) is 9.53 Å². The Kier molecular flexibility index (Phi) is 3.94. The molecule has 2 bridgehead atoms. The molecule has 0 radical (unpaired) electrons. The van der Waals surface area contributed by atoms with Crippen LogP contribution in [0.1, 0.15) is 46.5 Å². The van der Waals surface area contributed by atoms with Crippen LogP contribution in [0.4, 0.5) is 4.79 Å². The van der Waals surface area contributed by atoms with E-state index in [1.807, 2.05) is 26.8 Å². The molecule has 2 fully saturated rings. The first-order valence-corrected chi connectivity index (χ1v) is 7.40. The van der Waals surface area contributed by atoms with Crippen molar-refractivity contribution in [1.82, 2.24) is 4.90 Å². The smallest absolute Gasteiger partial charge is 0.408 e. The van der Waals surface area contributed by atoms with E-state index in [1.165, 1.54) is 7.11 Å². The molecule has 0 aliphatic carbocycles. The summed E-state index contributed by atoms with van der Waals surface area (Å²) in [6.07, 6.45) is 1.43. The lowest BCUT2D eigenvalue weighted by atomic mass is 9.67. The summed E-state index contributed by atoms with van der Waals surface area (Å²) in [6, 6.07) is 1.77. The van der Waals surface area contributed by atoms with E-state index in [0.717, 1.165) is 18.4 Å². The molecule has 2 atom stereocenters. The van der Waals surface area contributed by atoms with Gasteiger partial charge in [-0.25, -0.2) is 9.59 Å². The number of amides is 1. The molecule has 1 amide bonds. The second kappa shape index (κ2) is 5.31. The van der Waals surface area contributed by atoms with Gasteiger partial charge >= 0.3 is 12.1 Å². The number of fused-ring (bicyclic) bond motifs is 2. The molecule has 0 aromatic carbocycles. The van der Waals surface area contributed by atoms with Crippen molar-refractivity contribution >= 4 is 12.1 Å². The molecule has 120 valence electrons. The van der Waals surface area contributed by atoms with E-state index >= 15 is 0 Å². The van der Waals surface area contributed by atoms with E-state index in [4.69, 9.17) is 4.74 Å². The Morgan fingerprint density at radius 3 is 2.55 bits per heavy atom. The third kappa shape index (κ3) is 2.25. The second-order valence-corrected chi connectivity index (χ2v) is 7.09. The van der Waals surface area contributed by atoms with Gasteiger partial charge in [-0.3, -0.25) is 4.90 Å². The zero-order valence-electron chi connectivity index (χ0n) is 13.5. The van der Waals surface area contributed by atoms with Crippen LogP contribution < -0.4 is 0 Å². The van der Waals surface area contributed by atoms with Crippen LogP contribution >= 0.6 is 0 Å². The Balaban J connectivity index is 2.55. The summed E-state index contributed by atoms with van der Waals surface area (Å²) in [5, 5.41) is 18.9. The topological polar surface area (TPSA) is 90.6 Å². The van der Waals surface area contributed by atoms with Crippen LogP contribution in [0.3, 0.4) is 0 Å². The largest absolute Gasteiger partial charge is 0.465 e. The number of carboxylic acid groups (broad SMARTS) is 1. The molecule has 0 unspecified atom stereocenters. The van der Waals surface area contributed by atoms with Crippen LogP contribution in [0, 0.1) is 16.7 Å². The minimum absolute atomic E-state index is 0.0352. The van der Waals surface area contributed by atoms with Gasteiger partial charge in [-0.2, -0.15) is 5.26 Å². The Morgan fingerprint density at radius 1 is 1.45 bits per heavy atom. The minimum atomic E-state index is -0.923. The number of hydrogen-bond acceptors (Lipinski definition) is 4. The van der Waals surface area contributed by atoms with E-state index in [9.17, 15) is 20.0 Å². The highest BCUT2D eigenvalue weighted by Gasteiger charge is 2.58. The van der Waals surface area contributed by atoms with Gasteiger partial charge in [-0.05, 0) is 36.7 Å². The van der Waals surface area contributed by atoms with E-state index in [0.29, 0.717) is 12.8 Å². The predicted molar refractivity (Wildman–Crippen MR) is 79.0 cm³/mol. The van der Waals surface area contributed by atoms with Crippen molar-refractivity contribution in [2.45, 2.75) is 58.0 Å². The lowest BCUT2D eigenvalue weighted by Gasteiger charge is -2.52. The minimum Gasteiger partial charge on any atom is -0.465 e. The summed E-state index contributed by atoms with van der Waals surface area (Å²) in [5.74, 6) is -0.635. The Bertz CT molecular complexity index is 582. The third-order valence-electron chi connectivity index (χ3n) is 5.16. The highest BCUT2D eigenvalue weighted by atomic mass is 16.5. The lowest BCUT2D eigenvalue weighted by Crippen LogP contribution is -2.60. The van der Waals surface area contributed by atoms with Crippen LogP contribution in [0.5, 0.6) is 0 Å². The number of nitrogens with zero attached hydrogens (tertiary/aromatic N) is 2. The van der Waals surface area contributed by atoms with Gasteiger partial charge in [0.15, 0.2) is 0 Å². The summed E-state index contributed by atoms with van der Waals surface area (Å²) >= 11 is 0. The van der Waals surface area contributed by atoms with Gasteiger partial charge in [0.1, 0.15) is 11.6 Å². The molecule has 6 nitrogen and oxygen atoms in total. The fraction of sp³-hybridized carbons (Fsp3) is 0.688. The molecule has 0 aromatic heterocycles. The number of nitriles is 1. The SMILES string of the molecule is COC(=O)C(C#N)=C1C[C@@H]2CC[C@](C(C)(C)C)(C1)N2C(=O)O. The average Bonchev–Trinajstić information content (AvgIpc) is 2.68. The molecule has 6 heteroatoms. The fourth-order valence-corrected chi connectivity index (χ4v) is 3.98. The monoisotopic (exact) mass is 306 g/mol. The first kappa shape index (κ1) is 16.3. The summed E-state index contributed by atoms with van der Waals surface area (Å²) < 4.78 is 4.69. The normalized spacial score (nSPS) is 29.8. The van der Waals surface area contributed by atoms with Gasteiger partial charge in [-0.1, -0.05) is 20.8 Å². The molecule has 22 heavy (non-hydrogen) atoms. The van der Waals surface area contributed by atoms with Gasteiger partial charge < -0.3 is 9.84 Å². The molecule has 1 N–H and O–H groups in total. The first-order valence-electron chi connectivity index (χ1n) is 7.40. The highest BCUT2D eigenvalue weighted by molar-refractivity contribution is 5.93. The number of piperidine rings is 1. The molecule has 2 aliphatic rings. The zero-order valence-corrected chi connectivity index (χ0v) is 13.5. The van der Waals surface area contributed by atoms with E-state index in [1.54, 1.807) is 4.90 Å². The van der Waals surface area contributed by atoms with Gasteiger partial charge in [0.25, 0.3) is 0 Å². The van der Waals surface area contributed by atoms with E-state index in [2.05, 4.69) is 0 Å². The number of rotatable bonds is 1. The van der Waals surface area contributed by atoms with Crippen LogP contribution in [0.25, 0.3) is 0 Å². The van der Waals surface area contributed by atoms with E-state index < -0.39 is 17.6 Å². The first-order chi connectivity index (χ1) is 10.2. The average molecular weight is 306 g/mol. The van der Waals surface area contributed by atoms with Crippen molar-refractivity contribution in [1.29, 1.82) is 5.26 Å². The van der Waals surface area contributed by atoms with Gasteiger partial charge in [0.05, 0.1) is 12.6 Å². The van der Waals surface area contributed by atoms with Crippen molar-refractivity contribution in [2.24, 2.45) is 5.41 Å². The van der Waals surface area contributed by atoms with Crippen LogP contribution in [-0.4, -0.2) is 40.8 Å². The Labute approximate surface area is 130 Å². The molecule has 2 saturated heterocycles. The maximum atomic E-state index is 11.8. The summed E-state index contributed by atoms with van der Waals surface area (Å²) in [4.78, 5) is 25.1. The van der Waals surface area contributed by atoms with Crippen molar-refractivity contribution in [2.75, 3.05) is 7.11 Å². The fourth-order valence-electron chi connectivity index (χ4n) is 3.98. The summed E-state index contributed by atoms with van der Waals surface area (Å²) in [6.45, 7) is 6.04. The number of hydrogen-bond donors (Lipinski definition) is 1. The molecular formula is C16H22N2O4. The third-order valence-corrected chi connectivity index (χ3v) is 5.16. The summed E-state index contributed by atoms with van der Waals surface area (Å²) in [7, 11) is 1.25. The van der Waals surface area contributed by atoms with Crippen molar-refractivity contribution < 1.29 is 19.4 Å². The number of carbonyl (C=O) groups excluding carboxylic acids is 1. The second-order valence-electron chi connectivity index (χ2n) is 7.09. The molecule has 0 aromatic rings.